The summed E-state index contributed by atoms with van der Waals surface area (Å²) in [6.45, 7) is 4.55. The summed E-state index contributed by atoms with van der Waals surface area (Å²) < 4.78 is 23.5. The minimum atomic E-state index is -0.907. The molecule has 1 aliphatic heterocycles. The number of ether oxygens (including phenoxy) is 4. The summed E-state index contributed by atoms with van der Waals surface area (Å²) in [6, 6.07) is 27.8. The molecule has 1 amide bonds. The predicted octanol–water partition coefficient (Wildman–Crippen LogP) is 5.20. The summed E-state index contributed by atoms with van der Waals surface area (Å²) >= 11 is 0. The number of hydrogen-bond donors (Lipinski definition) is 1. The molecule has 1 N–H and O–H groups in total. The number of esters is 1. The second-order valence-corrected chi connectivity index (χ2v) is 9.85. The summed E-state index contributed by atoms with van der Waals surface area (Å²) in [5.41, 5.74) is 2.24. The Bertz CT molecular complexity index is 1190. The normalized spacial score (nSPS) is 22.3. The summed E-state index contributed by atoms with van der Waals surface area (Å²) in [5, 5.41) is 10.8. The van der Waals surface area contributed by atoms with Gasteiger partial charge in [0, 0.05) is 19.0 Å². The summed E-state index contributed by atoms with van der Waals surface area (Å²) in [4.78, 5) is 27.5. The van der Waals surface area contributed by atoms with Crippen molar-refractivity contribution in [1.82, 2.24) is 4.90 Å². The molecule has 0 bridgehead atoms. The van der Waals surface area contributed by atoms with E-state index >= 15 is 0 Å². The first-order chi connectivity index (χ1) is 19.5. The highest BCUT2D eigenvalue weighted by Gasteiger charge is 2.45. The Morgan fingerprint density at radius 1 is 0.900 bits per heavy atom. The van der Waals surface area contributed by atoms with Crippen LogP contribution in [-0.2, 0) is 32.1 Å². The molecule has 1 fully saturated rings. The molecule has 8 heteroatoms. The van der Waals surface area contributed by atoms with Gasteiger partial charge >= 0.3 is 12.1 Å². The maximum Gasteiger partial charge on any atom is 0.410 e. The molecule has 5 atom stereocenters. The molecule has 0 spiro atoms. The Labute approximate surface area is 235 Å². The van der Waals surface area contributed by atoms with Crippen LogP contribution in [0.4, 0.5) is 4.79 Å². The van der Waals surface area contributed by atoms with Gasteiger partial charge in [-0.25, -0.2) is 9.59 Å². The molecular weight excluding hydrogens is 510 g/mol. The molecule has 40 heavy (non-hydrogen) atoms. The Morgan fingerprint density at radius 3 is 2.12 bits per heavy atom. The molecule has 2 unspecified atom stereocenters. The van der Waals surface area contributed by atoms with Gasteiger partial charge in [-0.15, -0.1) is 0 Å². The van der Waals surface area contributed by atoms with Crippen molar-refractivity contribution >= 4 is 12.1 Å². The highest BCUT2D eigenvalue weighted by Crippen LogP contribution is 2.31. The maximum atomic E-state index is 13.1. The van der Waals surface area contributed by atoms with Crippen molar-refractivity contribution in [3.63, 3.8) is 0 Å². The van der Waals surface area contributed by atoms with Gasteiger partial charge in [-0.3, -0.25) is 0 Å². The number of hydrogen-bond acceptors (Lipinski definition) is 7. The van der Waals surface area contributed by atoms with Gasteiger partial charge in [0.05, 0.1) is 24.4 Å². The second kappa shape index (κ2) is 14.6. The Balaban J connectivity index is 1.42. The van der Waals surface area contributed by atoms with E-state index < -0.39 is 42.6 Å². The van der Waals surface area contributed by atoms with Crippen molar-refractivity contribution in [2.75, 3.05) is 13.2 Å². The third kappa shape index (κ3) is 7.91. The highest BCUT2D eigenvalue weighted by molar-refractivity contribution is 5.89. The molecule has 3 aromatic rings. The molecule has 0 saturated carbocycles. The molecule has 0 aliphatic carbocycles. The third-order valence-electron chi connectivity index (χ3n) is 6.99. The zero-order valence-corrected chi connectivity index (χ0v) is 22.9. The van der Waals surface area contributed by atoms with Gasteiger partial charge in [-0.05, 0) is 29.7 Å². The van der Waals surface area contributed by atoms with Crippen LogP contribution in [0, 0.1) is 5.92 Å². The number of nitrogens with zero attached hydrogens (tertiary/aromatic N) is 1. The first-order valence-electron chi connectivity index (χ1n) is 13.7. The lowest BCUT2D eigenvalue weighted by Gasteiger charge is -2.42. The Kier molecular flexibility index (Phi) is 10.7. The molecule has 4 rings (SSSR count). The van der Waals surface area contributed by atoms with E-state index in [4.69, 9.17) is 18.9 Å². The monoisotopic (exact) mass is 547 g/mol. The third-order valence-corrected chi connectivity index (χ3v) is 6.99. The largest absolute Gasteiger partial charge is 0.453 e. The van der Waals surface area contributed by atoms with Gasteiger partial charge in [-0.1, -0.05) is 92.7 Å². The van der Waals surface area contributed by atoms with Crippen LogP contribution in [-0.4, -0.2) is 59.8 Å². The number of rotatable bonds is 11. The van der Waals surface area contributed by atoms with Crippen LogP contribution in [0.25, 0.3) is 0 Å². The van der Waals surface area contributed by atoms with E-state index in [1.165, 1.54) is 0 Å². The lowest BCUT2D eigenvalue weighted by molar-refractivity contribution is -0.282. The van der Waals surface area contributed by atoms with Crippen LogP contribution in [0.5, 0.6) is 0 Å². The highest BCUT2D eigenvalue weighted by atomic mass is 16.7. The van der Waals surface area contributed by atoms with Crippen molar-refractivity contribution < 1.29 is 33.6 Å². The van der Waals surface area contributed by atoms with Gasteiger partial charge in [0.1, 0.15) is 6.61 Å². The van der Waals surface area contributed by atoms with Gasteiger partial charge in [0.2, 0.25) is 0 Å². The SMILES string of the molecule is CCC1O[C@@H](OCCN(Cc2ccccc2)C(=O)OCc2ccccc2)C(OC(=O)c2ccccc2)[C@@H](C)[C@@H]1O. The van der Waals surface area contributed by atoms with Crippen molar-refractivity contribution in [3.05, 3.63) is 108 Å². The van der Waals surface area contributed by atoms with Crippen LogP contribution in [0.3, 0.4) is 0 Å². The van der Waals surface area contributed by atoms with E-state index in [-0.39, 0.29) is 19.8 Å². The molecule has 3 aromatic carbocycles. The summed E-state index contributed by atoms with van der Waals surface area (Å²) in [6.07, 6.45) is -2.93. The molecule has 1 aliphatic rings. The molecule has 0 aromatic heterocycles. The minimum absolute atomic E-state index is 0.108. The Hall–Kier alpha value is -3.72. The second-order valence-electron chi connectivity index (χ2n) is 9.85. The summed E-state index contributed by atoms with van der Waals surface area (Å²) in [7, 11) is 0. The van der Waals surface area contributed by atoms with Crippen LogP contribution in [0.15, 0.2) is 91.0 Å². The smallest absolute Gasteiger partial charge is 0.410 e. The number of aliphatic hydroxyl groups is 1. The zero-order chi connectivity index (χ0) is 28.3. The average Bonchev–Trinajstić information content (AvgIpc) is 3.00. The average molecular weight is 548 g/mol. The summed E-state index contributed by atoms with van der Waals surface area (Å²) in [5.74, 6) is -0.945. The first-order valence-corrected chi connectivity index (χ1v) is 13.7. The van der Waals surface area contributed by atoms with E-state index in [0.29, 0.717) is 18.5 Å². The fourth-order valence-electron chi connectivity index (χ4n) is 4.64. The lowest BCUT2D eigenvalue weighted by atomic mass is 9.89. The molecule has 1 heterocycles. The van der Waals surface area contributed by atoms with Crippen LogP contribution in [0.1, 0.15) is 41.8 Å². The molecule has 1 saturated heterocycles. The number of carbonyl (C=O) groups is 2. The first kappa shape index (κ1) is 29.3. The Morgan fingerprint density at radius 2 is 1.50 bits per heavy atom. The van der Waals surface area contributed by atoms with Gasteiger partial charge in [0.15, 0.2) is 12.4 Å². The lowest BCUT2D eigenvalue weighted by Crippen LogP contribution is -2.55. The fraction of sp³-hybridized carbons (Fsp3) is 0.375. The standard InChI is InChI=1S/C32H37NO7/c1-3-27-28(34)23(2)29(40-30(35)26-17-11-6-12-18-26)31(39-27)37-20-19-33(21-24-13-7-4-8-14-24)32(36)38-22-25-15-9-5-10-16-25/h4-18,23,27-29,31,34H,3,19-22H2,1-2H3/t23-,27?,28-,29?,31+/m0/s1. The zero-order valence-electron chi connectivity index (χ0n) is 22.9. The number of benzene rings is 3. The van der Waals surface area contributed by atoms with Crippen molar-refractivity contribution in [2.45, 2.75) is 58.0 Å². The fourth-order valence-corrected chi connectivity index (χ4v) is 4.64. The van der Waals surface area contributed by atoms with Crippen LogP contribution >= 0.6 is 0 Å². The molecule has 0 radical (unpaired) electrons. The van der Waals surface area contributed by atoms with Gasteiger partial charge in [0.25, 0.3) is 0 Å². The number of aliphatic hydroxyl groups excluding tert-OH is 1. The van der Waals surface area contributed by atoms with Crippen molar-refractivity contribution in [1.29, 1.82) is 0 Å². The van der Waals surface area contributed by atoms with E-state index in [1.807, 2.05) is 80.6 Å². The van der Waals surface area contributed by atoms with E-state index in [2.05, 4.69) is 0 Å². The van der Waals surface area contributed by atoms with E-state index in [0.717, 1.165) is 11.1 Å². The van der Waals surface area contributed by atoms with E-state index in [1.54, 1.807) is 29.2 Å². The molecule has 212 valence electrons. The van der Waals surface area contributed by atoms with Crippen LogP contribution < -0.4 is 0 Å². The van der Waals surface area contributed by atoms with E-state index in [9.17, 15) is 14.7 Å². The predicted molar refractivity (Wildman–Crippen MR) is 149 cm³/mol. The minimum Gasteiger partial charge on any atom is -0.453 e. The maximum absolute atomic E-state index is 13.1. The van der Waals surface area contributed by atoms with Crippen molar-refractivity contribution in [3.8, 4) is 0 Å². The number of amides is 1. The quantitative estimate of drug-likeness (QED) is 0.330. The topological polar surface area (TPSA) is 94.5 Å². The van der Waals surface area contributed by atoms with Gasteiger partial charge in [-0.2, -0.15) is 0 Å². The molecule has 8 nitrogen and oxygen atoms in total. The molecular formula is C32H37NO7. The van der Waals surface area contributed by atoms with Gasteiger partial charge < -0.3 is 29.0 Å². The van der Waals surface area contributed by atoms with Crippen molar-refractivity contribution in [2.24, 2.45) is 5.92 Å². The number of carbonyl (C=O) groups excluding carboxylic acids is 2. The van der Waals surface area contributed by atoms with Crippen LogP contribution in [0.2, 0.25) is 0 Å².